The SMILES string of the molecule is O=C(NCc1ccc(C(F)(F)F)cc1)N(S)c1cccc(F)c1O. The molecule has 0 spiro atoms. The summed E-state index contributed by atoms with van der Waals surface area (Å²) in [5, 5.41) is 12.0. The van der Waals surface area contributed by atoms with Gasteiger partial charge in [-0.1, -0.05) is 31.0 Å². The molecule has 0 atom stereocenters. The summed E-state index contributed by atoms with van der Waals surface area (Å²) in [7, 11) is 0. The number of nitrogens with zero attached hydrogens (tertiary/aromatic N) is 1. The number of alkyl halides is 3. The lowest BCUT2D eigenvalue weighted by Gasteiger charge is -2.18. The highest BCUT2D eigenvalue weighted by molar-refractivity contribution is 7.82. The van der Waals surface area contributed by atoms with Crippen LogP contribution in [-0.4, -0.2) is 11.1 Å². The van der Waals surface area contributed by atoms with E-state index in [9.17, 15) is 27.5 Å². The number of thiol groups is 1. The lowest BCUT2D eigenvalue weighted by atomic mass is 10.1. The molecule has 4 nitrogen and oxygen atoms in total. The summed E-state index contributed by atoms with van der Waals surface area (Å²) in [6.07, 6.45) is -4.43. The molecule has 0 aliphatic heterocycles. The van der Waals surface area contributed by atoms with Crippen molar-refractivity contribution in [2.75, 3.05) is 4.31 Å². The summed E-state index contributed by atoms with van der Waals surface area (Å²) in [4.78, 5) is 11.9. The van der Waals surface area contributed by atoms with Gasteiger partial charge in [0.25, 0.3) is 0 Å². The molecule has 2 aromatic rings. The van der Waals surface area contributed by atoms with Crippen LogP contribution in [0.15, 0.2) is 42.5 Å². The van der Waals surface area contributed by atoms with Gasteiger partial charge in [0.15, 0.2) is 11.6 Å². The fraction of sp³-hybridized carbons (Fsp3) is 0.133. The number of carbonyl (C=O) groups excluding carboxylic acids is 1. The summed E-state index contributed by atoms with van der Waals surface area (Å²) >= 11 is 3.88. The molecular weight excluding hydrogens is 348 g/mol. The van der Waals surface area contributed by atoms with Crippen LogP contribution in [0.2, 0.25) is 0 Å². The third-order valence-electron chi connectivity index (χ3n) is 3.11. The topological polar surface area (TPSA) is 52.6 Å². The van der Waals surface area contributed by atoms with Gasteiger partial charge in [-0.3, -0.25) is 0 Å². The fourth-order valence-electron chi connectivity index (χ4n) is 1.85. The molecule has 0 aliphatic carbocycles. The van der Waals surface area contributed by atoms with Gasteiger partial charge in [-0.2, -0.15) is 13.2 Å². The molecule has 2 amide bonds. The van der Waals surface area contributed by atoms with Gasteiger partial charge in [0, 0.05) is 6.54 Å². The predicted molar refractivity (Wildman–Crippen MR) is 83.2 cm³/mol. The molecule has 2 N–H and O–H groups in total. The Kier molecular flexibility index (Phi) is 5.23. The highest BCUT2D eigenvalue weighted by atomic mass is 32.1. The Bertz CT molecular complexity index is 735. The summed E-state index contributed by atoms with van der Waals surface area (Å²) < 4.78 is 51.3. The Morgan fingerprint density at radius 2 is 1.79 bits per heavy atom. The molecule has 9 heteroatoms. The lowest BCUT2D eigenvalue weighted by molar-refractivity contribution is -0.137. The number of phenolic OH excluding ortho intramolecular Hbond substituents is 1. The smallest absolute Gasteiger partial charge is 0.416 e. The Labute approximate surface area is 140 Å². The number of hydrogen-bond acceptors (Lipinski definition) is 3. The van der Waals surface area contributed by atoms with Gasteiger partial charge in [0.2, 0.25) is 0 Å². The van der Waals surface area contributed by atoms with Crippen LogP contribution < -0.4 is 9.62 Å². The number of aromatic hydroxyl groups is 1. The van der Waals surface area contributed by atoms with E-state index in [1.807, 2.05) is 0 Å². The number of benzene rings is 2. The molecule has 0 bridgehead atoms. The fourth-order valence-corrected chi connectivity index (χ4v) is 2.08. The quantitative estimate of drug-likeness (QED) is 0.570. The third kappa shape index (κ3) is 4.10. The monoisotopic (exact) mass is 360 g/mol. The van der Waals surface area contributed by atoms with Crippen molar-refractivity contribution in [1.29, 1.82) is 0 Å². The van der Waals surface area contributed by atoms with Crippen LogP contribution in [0.3, 0.4) is 0 Å². The van der Waals surface area contributed by atoms with E-state index in [4.69, 9.17) is 0 Å². The van der Waals surface area contributed by atoms with Crippen LogP contribution in [0.1, 0.15) is 11.1 Å². The van der Waals surface area contributed by atoms with E-state index in [-0.39, 0.29) is 12.2 Å². The van der Waals surface area contributed by atoms with Crippen molar-refractivity contribution in [1.82, 2.24) is 5.32 Å². The van der Waals surface area contributed by atoms with Crippen LogP contribution in [-0.2, 0) is 12.7 Å². The minimum atomic E-state index is -4.43. The van der Waals surface area contributed by atoms with Crippen molar-refractivity contribution in [2.45, 2.75) is 12.7 Å². The summed E-state index contributed by atoms with van der Waals surface area (Å²) in [6.45, 7) is -0.0654. The number of urea groups is 1. The molecule has 2 rings (SSSR count). The van der Waals surface area contributed by atoms with E-state index < -0.39 is 29.3 Å². The normalized spacial score (nSPS) is 11.2. The number of anilines is 1. The standard InChI is InChI=1S/C15H12F4N2O2S/c16-11-2-1-3-12(13(11)22)21(24)14(23)20-8-9-4-6-10(7-5-9)15(17,18)19/h1-7,22,24H,8H2,(H,20,23). The highest BCUT2D eigenvalue weighted by Crippen LogP contribution is 2.31. The van der Waals surface area contributed by atoms with E-state index in [1.54, 1.807) is 0 Å². The molecule has 0 aliphatic rings. The van der Waals surface area contributed by atoms with Crippen LogP contribution in [0, 0.1) is 5.82 Å². The third-order valence-corrected chi connectivity index (χ3v) is 3.51. The van der Waals surface area contributed by atoms with E-state index >= 15 is 0 Å². The van der Waals surface area contributed by atoms with E-state index in [2.05, 4.69) is 18.1 Å². The molecular formula is C15H12F4N2O2S. The van der Waals surface area contributed by atoms with Gasteiger partial charge >= 0.3 is 12.2 Å². The molecule has 24 heavy (non-hydrogen) atoms. The highest BCUT2D eigenvalue weighted by Gasteiger charge is 2.29. The van der Waals surface area contributed by atoms with Crippen LogP contribution >= 0.6 is 12.8 Å². The molecule has 128 valence electrons. The number of hydrogen-bond donors (Lipinski definition) is 3. The number of amides is 2. The number of para-hydroxylation sites is 1. The molecule has 0 saturated carbocycles. The van der Waals surface area contributed by atoms with Gasteiger partial charge in [-0.05, 0) is 29.8 Å². The summed E-state index contributed by atoms with van der Waals surface area (Å²) in [6, 6.07) is 7.06. The van der Waals surface area contributed by atoms with Crippen molar-refractivity contribution in [3.63, 3.8) is 0 Å². The molecule has 0 radical (unpaired) electrons. The largest absolute Gasteiger partial charge is 0.503 e. The van der Waals surface area contributed by atoms with Gasteiger partial charge in [0.1, 0.15) is 5.69 Å². The first-order chi connectivity index (χ1) is 11.2. The average molecular weight is 360 g/mol. The van der Waals surface area contributed by atoms with Crippen molar-refractivity contribution in [3.05, 3.63) is 59.4 Å². The maximum absolute atomic E-state index is 13.3. The Hall–Kier alpha value is -2.42. The summed E-state index contributed by atoms with van der Waals surface area (Å²) in [5.74, 6) is -1.65. The van der Waals surface area contributed by atoms with Gasteiger partial charge in [-0.25, -0.2) is 13.5 Å². The first-order valence-electron chi connectivity index (χ1n) is 6.60. The van der Waals surface area contributed by atoms with Gasteiger partial charge < -0.3 is 10.4 Å². The minimum Gasteiger partial charge on any atom is -0.503 e. The van der Waals surface area contributed by atoms with Gasteiger partial charge in [0.05, 0.1) is 5.56 Å². The first kappa shape index (κ1) is 17.9. The maximum atomic E-state index is 13.3. The second kappa shape index (κ2) is 7.00. The molecule has 0 saturated heterocycles. The molecule has 0 unspecified atom stereocenters. The van der Waals surface area contributed by atoms with E-state index in [1.165, 1.54) is 24.3 Å². The lowest BCUT2D eigenvalue weighted by Crippen LogP contribution is -2.33. The molecule has 0 heterocycles. The van der Waals surface area contributed by atoms with Crippen LogP contribution in [0.4, 0.5) is 28.0 Å². The Morgan fingerprint density at radius 1 is 1.17 bits per heavy atom. The van der Waals surface area contributed by atoms with Crippen LogP contribution in [0.25, 0.3) is 0 Å². The zero-order valence-corrected chi connectivity index (χ0v) is 12.9. The molecule has 0 aromatic heterocycles. The average Bonchev–Trinajstić information content (AvgIpc) is 2.54. The number of nitrogens with one attached hydrogen (secondary N) is 1. The predicted octanol–water partition coefficient (Wildman–Crippen LogP) is 4.11. The molecule has 2 aromatic carbocycles. The maximum Gasteiger partial charge on any atom is 0.416 e. The van der Waals surface area contributed by atoms with Crippen molar-refractivity contribution < 1.29 is 27.5 Å². The molecule has 0 fully saturated rings. The number of rotatable bonds is 3. The van der Waals surface area contributed by atoms with Crippen LogP contribution in [0.5, 0.6) is 5.75 Å². The number of carbonyl (C=O) groups is 1. The summed E-state index contributed by atoms with van der Waals surface area (Å²) in [5.41, 5.74) is -0.525. The Morgan fingerprint density at radius 3 is 2.38 bits per heavy atom. The zero-order valence-electron chi connectivity index (χ0n) is 12.0. The minimum absolute atomic E-state index is 0.0654. The van der Waals surface area contributed by atoms with Crippen molar-refractivity contribution >= 4 is 24.5 Å². The zero-order chi connectivity index (χ0) is 17.9. The second-order valence-electron chi connectivity index (χ2n) is 4.77. The second-order valence-corrected chi connectivity index (χ2v) is 5.17. The number of halogens is 4. The van der Waals surface area contributed by atoms with Gasteiger partial charge in [-0.15, -0.1) is 0 Å². The van der Waals surface area contributed by atoms with Crippen molar-refractivity contribution in [2.24, 2.45) is 0 Å². The van der Waals surface area contributed by atoms with E-state index in [0.717, 1.165) is 18.2 Å². The number of phenols is 1. The first-order valence-corrected chi connectivity index (χ1v) is 7.00. The van der Waals surface area contributed by atoms with E-state index in [0.29, 0.717) is 9.87 Å². The Balaban J connectivity index is 2.01. The van der Waals surface area contributed by atoms with Crippen molar-refractivity contribution in [3.8, 4) is 5.75 Å².